The molecular weight excluding hydrogens is 157 g/mol. The highest BCUT2D eigenvalue weighted by molar-refractivity contribution is 5.81. The molecule has 5 heteroatoms. The lowest BCUT2D eigenvalue weighted by Crippen LogP contribution is -2.10. The summed E-state index contributed by atoms with van der Waals surface area (Å²) in [6.07, 6.45) is -4.96. The van der Waals surface area contributed by atoms with Crippen LogP contribution in [0.15, 0.2) is 4.99 Å². The molecule has 0 aliphatic carbocycles. The lowest BCUT2D eigenvalue weighted by molar-refractivity contribution is -0.132. The monoisotopic (exact) mass is 168 g/mol. The quantitative estimate of drug-likeness (QED) is 0.640. The minimum Gasteiger partial charge on any atom is -0.312 e. The second kappa shape index (κ2) is 4.33. The van der Waals surface area contributed by atoms with E-state index >= 15 is 0 Å². The zero-order chi connectivity index (χ0) is 8.91. The van der Waals surface area contributed by atoms with Gasteiger partial charge >= 0.3 is 6.18 Å². The highest BCUT2D eigenvalue weighted by Crippen LogP contribution is 2.21. The Morgan fingerprint density at radius 2 is 2.00 bits per heavy atom. The van der Waals surface area contributed by atoms with Crippen LogP contribution in [0.2, 0.25) is 0 Å². The van der Waals surface area contributed by atoms with Gasteiger partial charge in [0.25, 0.3) is 0 Å². The molecule has 0 aromatic carbocycles. The van der Waals surface area contributed by atoms with E-state index in [2.05, 4.69) is 4.99 Å². The SMILES string of the molecule is C/C(CCC(F)(F)F)=N\CN. The molecule has 0 saturated carbocycles. The van der Waals surface area contributed by atoms with Gasteiger partial charge in [0.2, 0.25) is 0 Å². The van der Waals surface area contributed by atoms with Crippen molar-refractivity contribution < 1.29 is 13.2 Å². The molecule has 2 N–H and O–H groups in total. The molecule has 11 heavy (non-hydrogen) atoms. The summed E-state index contributed by atoms with van der Waals surface area (Å²) in [6.45, 7) is 1.60. The molecule has 0 bridgehead atoms. The van der Waals surface area contributed by atoms with Crippen LogP contribution in [0.25, 0.3) is 0 Å². The Labute approximate surface area is 63.3 Å². The van der Waals surface area contributed by atoms with Gasteiger partial charge < -0.3 is 5.73 Å². The topological polar surface area (TPSA) is 38.4 Å². The van der Waals surface area contributed by atoms with E-state index in [1.807, 2.05) is 0 Å². The molecular formula is C6H11F3N2. The van der Waals surface area contributed by atoms with Gasteiger partial charge in [-0.2, -0.15) is 13.2 Å². The van der Waals surface area contributed by atoms with Crippen molar-refractivity contribution in [1.82, 2.24) is 0 Å². The molecule has 2 nitrogen and oxygen atoms in total. The van der Waals surface area contributed by atoms with Crippen molar-refractivity contribution >= 4 is 5.71 Å². The van der Waals surface area contributed by atoms with E-state index in [1.165, 1.54) is 0 Å². The summed E-state index contributed by atoms with van der Waals surface area (Å²) >= 11 is 0. The van der Waals surface area contributed by atoms with Crippen LogP contribution in [-0.2, 0) is 0 Å². The molecule has 0 spiro atoms. The minimum atomic E-state index is -4.09. The van der Waals surface area contributed by atoms with Crippen molar-refractivity contribution in [3.63, 3.8) is 0 Å². The van der Waals surface area contributed by atoms with Crippen LogP contribution in [0.3, 0.4) is 0 Å². The first-order chi connectivity index (χ1) is 4.95. The van der Waals surface area contributed by atoms with Crippen molar-refractivity contribution in [2.45, 2.75) is 25.9 Å². The van der Waals surface area contributed by atoms with E-state index in [4.69, 9.17) is 5.73 Å². The van der Waals surface area contributed by atoms with Crippen molar-refractivity contribution in [2.24, 2.45) is 10.7 Å². The largest absolute Gasteiger partial charge is 0.389 e. The van der Waals surface area contributed by atoms with Crippen molar-refractivity contribution in [3.05, 3.63) is 0 Å². The number of halogens is 3. The lowest BCUT2D eigenvalue weighted by atomic mass is 10.2. The van der Waals surface area contributed by atoms with Gasteiger partial charge in [-0.05, 0) is 13.3 Å². The first-order valence-electron chi connectivity index (χ1n) is 3.22. The standard InChI is InChI=1S/C6H11F3N2/c1-5(11-4-10)2-3-6(7,8)9/h2-4,10H2,1H3/b11-5+. The fraction of sp³-hybridized carbons (Fsp3) is 0.833. The molecule has 0 aromatic rings. The average Bonchev–Trinajstić information content (AvgIpc) is 1.83. The average molecular weight is 168 g/mol. The van der Waals surface area contributed by atoms with Crippen LogP contribution in [0.4, 0.5) is 13.2 Å². The predicted molar refractivity (Wildman–Crippen MR) is 37.5 cm³/mol. The lowest BCUT2D eigenvalue weighted by Gasteiger charge is -2.04. The Morgan fingerprint density at radius 3 is 2.36 bits per heavy atom. The van der Waals surface area contributed by atoms with Crippen LogP contribution < -0.4 is 5.73 Å². The van der Waals surface area contributed by atoms with E-state index in [9.17, 15) is 13.2 Å². The number of nitrogens with zero attached hydrogens (tertiary/aromatic N) is 1. The van der Waals surface area contributed by atoms with Gasteiger partial charge in [0.1, 0.15) is 0 Å². The Bertz CT molecular complexity index is 139. The van der Waals surface area contributed by atoms with Crippen LogP contribution >= 0.6 is 0 Å². The smallest absolute Gasteiger partial charge is 0.312 e. The molecule has 0 heterocycles. The molecule has 0 aromatic heterocycles. The van der Waals surface area contributed by atoms with Crippen molar-refractivity contribution in [3.8, 4) is 0 Å². The van der Waals surface area contributed by atoms with Gasteiger partial charge in [-0.15, -0.1) is 0 Å². The van der Waals surface area contributed by atoms with Gasteiger partial charge in [0, 0.05) is 12.1 Å². The molecule has 0 amide bonds. The number of aliphatic imine (C=N–C) groups is 1. The molecule has 0 atom stereocenters. The summed E-state index contributed by atoms with van der Waals surface area (Å²) < 4.78 is 34.7. The summed E-state index contributed by atoms with van der Waals surface area (Å²) in [5, 5.41) is 0. The predicted octanol–water partition coefficient (Wildman–Crippen LogP) is 1.71. The molecule has 0 unspecified atom stereocenters. The Kier molecular flexibility index (Phi) is 4.10. The third-order valence-corrected chi connectivity index (χ3v) is 1.13. The van der Waals surface area contributed by atoms with Crippen LogP contribution in [-0.4, -0.2) is 18.6 Å². The first kappa shape index (κ1) is 10.4. The maximum absolute atomic E-state index is 11.6. The van der Waals surface area contributed by atoms with Crippen LogP contribution in [0.1, 0.15) is 19.8 Å². The Morgan fingerprint density at radius 1 is 1.45 bits per heavy atom. The zero-order valence-electron chi connectivity index (χ0n) is 6.28. The molecule has 0 aliphatic rings. The first-order valence-corrected chi connectivity index (χ1v) is 3.22. The van der Waals surface area contributed by atoms with E-state index in [0.29, 0.717) is 5.71 Å². The highest BCUT2D eigenvalue weighted by atomic mass is 19.4. The van der Waals surface area contributed by atoms with Gasteiger partial charge in [-0.1, -0.05) is 0 Å². The van der Waals surface area contributed by atoms with Crippen molar-refractivity contribution in [2.75, 3.05) is 6.67 Å². The van der Waals surface area contributed by atoms with Gasteiger partial charge in [-0.3, -0.25) is 4.99 Å². The minimum absolute atomic E-state index is 0.0549. The summed E-state index contributed by atoms with van der Waals surface area (Å²) in [5.74, 6) is 0. The number of rotatable bonds is 3. The summed E-state index contributed by atoms with van der Waals surface area (Å²) in [4.78, 5) is 3.62. The van der Waals surface area contributed by atoms with Gasteiger partial charge in [0.15, 0.2) is 0 Å². The van der Waals surface area contributed by atoms with Gasteiger partial charge in [0.05, 0.1) is 6.67 Å². The second-order valence-corrected chi connectivity index (χ2v) is 2.19. The fourth-order valence-electron chi connectivity index (χ4n) is 0.558. The van der Waals surface area contributed by atoms with Crippen LogP contribution in [0.5, 0.6) is 0 Å². The van der Waals surface area contributed by atoms with Crippen molar-refractivity contribution in [1.29, 1.82) is 0 Å². The highest BCUT2D eigenvalue weighted by Gasteiger charge is 2.26. The number of nitrogens with two attached hydrogens (primary N) is 1. The van der Waals surface area contributed by atoms with E-state index in [-0.39, 0.29) is 13.1 Å². The van der Waals surface area contributed by atoms with E-state index in [0.717, 1.165) is 0 Å². The normalized spacial score (nSPS) is 13.7. The van der Waals surface area contributed by atoms with E-state index < -0.39 is 12.6 Å². The number of alkyl halides is 3. The summed E-state index contributed by atoms with van der Waals surface area (Å²) in [6, 6.07) is 0. The fourth-order valence-corrected chi connectivity index (χ4v) is 0.558. The van der Waals surface area contributed by atoms with Crippen LogP contribution in [0, 0.1) is 0 Å². The summed E-state index contributed by atoms with van der Waals surface area (Å²) in [5.41, 5.74) is 5.45. The molecule has 66 valence electrons. The molecule has 0 fully saturated rings. The maximum Gasteiger partial charge on any atom is 0.389 e. The summed E-state index contributed by atoms with van der Waals surface area (Å²) in [7, 11) is 0. The number of hydrogen-bond acceptors (Lipinski definition) is 2. The maximum atomic E-state index is 11.6. The number of hydrogen-bond donors (Lipinski definition) is 1. The second-order valence-electron chi connectivity index (χ2n) is 2.19. The third kappa shape index (κ3) is 7.32. The molecule has 0 saturated heterocycles. The molecule has 0 rings (SSSR count). The molecule has 0 radical (unpaired) electrons. The Balaban J connectivity index is 3.62. The molecule has 0 aliphatic heterocycles. The Hall–Kier alpha value is -0.580. The third-order valence-electron chi connectivity index (χ3n) is 1.13. The van der Waals surface area contributed by atoms with E-state index in [1.54, 1.807) is 6.92 Å². The van der Waals surface area contributed by atoms with Gasteiger partial charge in [-0.25, -0.2) is 0 Å². The zero-order valence-corrected chi connectivity index (χ0v) is 6.28.